The summed E-state index contributed by atoms with van der Waals surface area (Å²) in [4.78, 5) is 11.4. The Labute approximate surface area is 160 Å². The lowest BCUT2D eigenvalue weighted by atomic mass is 9.92. The lowest BCUT2D eigenvalue weighted by Crippen LogP contribution is -2.36. The van der Waals surface area contributed by atoms with E-state index in [1.807, 2.05) is 24.7 Å². The lowest BCUT2D eigenvalue weighted by Gasteiger charge is -2.34. The minimum absolute atomic E-state index is 0.0496. The first kappa shape index (κ1) is 17.9. The normalized spacial score (nSPS) is 18.7. The molecule has 6 heteroatoms. The van der Waals surface area contributed by atoms with E-state index in [0.717, 1.165) is 36.8 Å². The van der Waals surface area contributed by atoms with Crippen molar-refractivity contribution in [1.82, 2.24) is 29.6 Å². The van der Waals surface area contributed by atoms with E-state index in [-0.39, 0.29) is 5.41 Å². The summed E-state index contributed by atoms with van der Waals surface area (Å²) in [5.41, 5.74) is 3.38. The molecule has 0 amide bonds. The van der Waals surface area contributed by atoms with E-state index < -0.39 is 0 Å². The molecule has 3 aromatic rings. The molecular weight excluding hydrogens is 336 g/mol. The van der Waals surface area contributed by atoms with Crippen molar-refractivity contribution in [1.29, 1.82) is 0 Å². The minimum atomic E-state index is 0.0496. The molecule has 0 bridgehead atoms. The van der Waals surface area contributed by atoms with Gasteiger partial charge in [0.05, 0.1) is 0 Å². The van der Waals surface area contributed by atoms with Crippen molar-refractivity contribution in [3.63, 3.8) is 0 Å². The topological polar surface area (TPSA) is 62.6 Å². The van der Waals surface area contributed by atoms with Crippen LogP contribution in [-0.2, 0) is 12.0 Å². The summed E-state index contributed by atoms with van der Waals surface area (Å²) in [6.07, 6.45) is 10.1. The molecule has 1 atom stereocenters. The molecule has 1 unspecified atom stereocenters. The number of nitrogens with one attached hydrogen (secondary N) is 1. The summed E-state index contributed by atoms with van der Waals surface area (Å²) in [6, 6.07) is 6.71. The van der Waals surface area contributed by atoms with Crippen molar-refractivity contribution >= 4 is 0 Å². The van der Waals surface area contributed by atoms with Crippen molar-refractivity contribution in [3.8, 4) is 11.5 Å². The van der Waals surface area contributed by atoms with Gasteiger partial charge >= 0.3 is 0 Å². The first-order valence-corrected chi connectivity index (χ1v) is 9.71. The Morgan fingerprint density at radius 2 is 2.15 bits per heavy atom. The second-order valence-corrected chi connectivity index (χ2v) is 8.47. The molecule has 3 aromatic heterocycles. The second kappa shape index (κ2) is 7.27. The first-order valence-electron chi connectivity index (χ1n) is 9.71. The van der Waals surface area contributed by atoms with Crippen molar-refractivity contribution in [3.05, 3.63) is 54.2 Å². The van der Waals surface area contributed by atoms with Crippen LogP contribution in [0.3, 0.4) is 0 Å². The van der Waals surface area contributed by atoms with Crippen LogP contribution in [0, 0.1) is 0 Å². The van der Waals surface area contributed by atoms with Gasteiger partial charge in [0.15, 0.2) is 5.82 Å². The molecule has 1 fully saturated rings. The molecule has 27 heavy (non-hydrogen) atoms. The fourth-order valence-electron chi connectivity index (χ4n) is 3.78. The highest BCUT2D eigenvalue weighted by Gasteiger charge is 2.25. The number of pyridine rings is 1. The molecule has 1 aliphatic heterocycles. The molecule has 0 aliphatic carbocycles. The third-order valence-electron chi connectivity index (χ3n) is 5.29. The average molecular weight is 364 g/mol. The molecule has 0 saturated carbocycles. The summed E-state index contributed by atoms with van der Waals surface area (Å²) < 4.78 is 2.30. The van der Waals surface area contributed by atoms with Gasteiger partial charge < -0.3 is 4.57 Å². The number of nitrogens with zero attached hydrogens (tertiary/aromatic N) is 5. The molecule has 1 aliphatic rings. The van der Waals surface area contributed by atoms with E-state index >= 15 is 0 Å². The number of hydrogen-bond donors (Lipinski definition) is 1. The maximum absolute atomic E-state index is 4.62. The minimum Gasteiger partial charge on any atom is -0.325 e. The van der Waals surface area contributed by atoms with E-state index in [9.17, 15) is 0 Å². The maximum Gasteiger partial charge on any atom is 0.160 e. The second-order valence-electron chi connectivity index (χ2n) is 8.47. The number of piperidine rings is 1. The van der Waals surface area contributed by atoms with Crippen LogP contribution in [-0.4, -0.2) is 42.7 Å². The number of hydrogen-bond acceptors (Lipinski definition) is 4. The lowest BCUT2D eigenvalue weighted by molar-refractivity contribution is 0.171. The highest BCUT2D eigenvalue weighted by Crippen LogP contribution is 2.29. The third kappa shape index (κ3) is 3.95. The molecule has 0 radical (unpaired) electrons. The van der Waals surface area contributed by atoms with Crippen LogP contribution in [0.15, 0.2) is 43.0 Å². The smallest absolute Gasteiger partial charge is 0.160 e. The molecule has 0 spiro atoms. The van der Waals surface area contributed by atoms with Crippen LogP contribution in [0.5, 0.6) is 0 Å². The van der Waals surface area contributed by atoms with Gasteiger partial charge in [-0.2, -0.15) is 5.10 Å². The van der Waals surface area contributed by atoms with Crippen molar-refractivity contribution in [2.75, 3.05) is 13.1 Å². The molecule has 142 valence electrons. The number of likely N-dealkylation sites (tertiary alicyclic amines) is 1. The Balaban J connectivity index is 1.52. The van der Waals surface area contributed by atoms with Gasteiger partial charge in [-0.3, -0.25) is 15.0 Å². The zero-order chi connectivity index (χ0) is 18.9. The summed E-state index contributed by atoms with van der Waals surface area (Å²) in [5, 5.41) is 7.72. The van der Waals surface area contributed by atoms with E-state index in [1.54, 1.807) is 0 Å². The Kier molecular flexibility index (Phi) is 4.83. The fraction of sp³-hybridized carbons (Fsp3) is 0.476. The largest absolute Gasteiger partial charge is 0.325 e. The monoisotopic (exact) mass is 364 g/mol. The zero-order valence-corrected chi connectivity index (χ0v) is 16.4. The van der Waals surface area contributed by atoms with Crippen LogP contribution in [0.1, 0.15) is 50.9 Å². The van der Waals surface area contributed by atoms with Gasteiger partial charge in [0.1, 0.15) is 5.69 Å². The average Bonchev–Trinajstić information content (AvgIpc) is 3.32. The van der Waals surface area contributed by atoms with Gasteiger partial charge in [-0.1, -0.05) is 26.8 Å². The number of rotatable bonds is 4. The highest BCUT2D eigenvalue weighted by molar-refractivity contribution is 5.51. The predicted molar refractivity (Wildman–Crippen MR) is 106 cm³/mol. The number of imidazole rings is 1. The molecule has 4 heterocycles. The first-order chi connectivity index (χ1) is 13.0. The van der Waals surface area contributed by atoms with Crippen LogP contribution in [0.4, 0.5) is 0 Å². The van der Waals surface area contributed by atoms with E-state index in [1.165, 1.54) is 18.4 Å². The summed E-state index contributed by atoms with van der Waals surface area (Å²) in [5.74, 6) is 0.954. The van der Waals surface area contributed by atoms with Crippen molar-refractivity contribution in [2.45, 2.75) is 51.6 Å². The number of aromatic nitrogens is 5. The van der Waals surface area contributed by atoms with Gasteiger partial charge in [-0.15, -0.1) is 0 Å². The fourth-order valence-corrected chi connectivity index (χ4v) is 3.78. The number of H-pyrrole nitrogens is 1. The molecule has 1 saturated heterocycles. The summed E-state index contributed by atoms with van der Waals surface area (Å²) in [7, 11) is 0. The van der Waals surface area contributed by atoms with Crippen LogP contribution >= 0.6 is 0 Å². The standard InChI is InChI=1S/C21H28N6/c1-21(2,3)19-12-18(24-25-19)20-23-9-11-27(20)17-7-5-10-26(15-17)14-16-6-4-8-22-13-16/h4,6,8-9,11-13,17H,5,7,10,14-15H2,1-3H3,(H,24,25). The van der Waals surface area contributed by atoms with Gasteiger partial charge in [-0.25, -0.2) is 4.98 Å². The predicted octanol–water partition coefficient (Wildman–Crippen LogP) is 3.80. The molecule has 6 nitrogen and oxygen atoms in total. The third-order valence-corrected chi connectivity index (χ3v) is 5.29. The van der Waals surface area contributed by atoms with E-state index in [2.05, 4.69) is 68.7 Å². The molecular formula is C21H28N6. The van der Waals surface area contributed by atoms with Crippen LogP contribution in [0.25, 0.3) is 11.5 Å². The molecule has 0 aromatic carbocycles. The maximum atomic E-state index is 4.62. The number of aromatic amines is 1. The Bertz CT molecular complexity index is 873. The highest BCUT2D eigenvalue weighted by atomic mass is 15.2. The Morgan fingerprint density at radius 1 is 1.26 bits per heavy atom. The van der Waals surface area contributed by atoms with Crippen molar-refractivity contribution in [2.24, 2.45) is 0 Å². The van der Waals surface area contributed by atoms with Gasteiger partial charge in [0.25, 0.3) is 0 Å². The van der Waals surface area contributed by atoms with Crippen molar-refractivity contribution < 1.29 is 0 Å². The van der Waals surface area contributed by atoms with Gasteiger partial charge in [0.2, 0.25) is 0 Å². The zero-order valence-electron chi connectivity index (χ0n) is 16.4. The van der Waals surface area contributed by atoms with E-state index in [4.69, 9.17) is 0 Å². The quantitative estimate of drug-likeness (QED) is 0.765. The van der Waals surface area contributed by atoms with E-state index in [0.29, 0.717) is 6.04 Å². The summed E-state index contributed by atoms with van der Waals surface area (Å²) >= 11 is 0. The molecule has 4 rings (SSSR count). The van der Waals surface area contributed by atoms with Crippen LogP contribution in [0.2, 0.25) is 0 Å². The molecule has 1 N–H and O–H groups in total. The van der Waals surface area contributed by atoms with Crippen LogP contribution < -0.4 is 0 Å². The Morgan fingerprint density at radius 3 is 2.89 bits per heavy atom. The van der Waals surface area contributed by atoms with Gasteiger partial charge in [0, 0.05) is 55.0 Å². The SMILES string of the molecule is CC(C)(C)c1cc(-c2nccn2C2CCCN(Cc3cccnc3)C2)n[nH]1. The summed E-state index contributed by atoms with van der Waals surface area (Å²) in [6.45, 7) is 9.67. The Hall–Kier alpha value is -2.47. The van der Waals surface area contributed by atoms with Gasteiger partial charge in [-0.05, 0) is 37.1 Å².